The summed E-state index contributed by atoms with van der Waals surface area (Å²) >= 11 is 16.5. The number of halogens is 3. The predicted molar refractivity (Wildman–Crippen MR) is 42.0 cm³/mol. The van der Waals surface area contributed by atoms with Gasteiger partial charge in [-0.3, -0.25) is 4.79 Å². The van der Waals surface area contributed by atoms with Crippen LogP contribution >= 0.6 is 34.8 Å². The molecule has 0 aliphatic heterocycles. The van der Waals surface area contributed by atoms with Crippen LogP contribution in [0.3, 0.4) is 0 Å². The molecule has 0 amide bonds. The quantitative estimate of drug-likeness (QED) is 0.718. The van der Waals surface area contributed by atoms with Crippen molar-refractivity contribution in [3.05, 3.63) is 0 Å². The Labute approximate surface area is 74.1 Å². The molecule has 0 saturated heterocycles. The Balaban J connectivity index is 3.85. The van der Waals surface area contributed by atoms with Crippen LogP contribution in [0.1, 0.15) is 13.3 Å². The summed E-state index contributed by atoms with van der Waals surface area (Å²) in [5, 5.41) is 7.49. The first-order chi connectivity index (χ1) is 4.34. The van der Waals surface area contributed by atoms with Gasteiger partial charge in [0.15, 0.2) is 0 Å². The van der Waals surface area contributed by atoms with Gasteiger partial charge in [0, 0.05) is 0 Å². The van der Waals surface area contributed by atoms with E-state index in [0.29, 0.717) is 0 Å². The van der Waals surface area contributed by atoms with Gasteiger partial charge in [0.25, 0.3) is 0 Å². The standard InChI is InChI=1S/C5H7Cl3O2/c1-5(7,8)3(6)2-4(9)10/h3H,2H2,1H3,(H,9,10). The van der Waals surface area contributed by atoms with Crippen molar-refractivity contribution in [2.75, 3.05) is 0 Å². The first-order valence-corrected chi connectivity index (χ1v) is 3.77. The maximum atomic E-state index is 10.1. The first-order valence-electron chi connectivity index (χ1n) is 2.57. The van der Waals surface area contributed by atoms with Gasteiger partial charge in [-0.25, -0.2) is 0 Å². The van der Waals surface area contributed by atoms with E-state index in [1.807, 2.05) is 0 Å². The maximum Gasteiger partial charge on any atom is 0.304 e. The second kappa shape index (κ2) is 3.65. The number of carboxylic acids is 1. The van der Waals surface area contributed by atoms with Crippen LogP contribution in [0.15, 0.2) is 0 Å². The summed E-state index contributed by atoms with van der Waals surface area (Å²) in [5.41, 5.74) is 0. The SMILES string of the molecule is CC(Cl)(Cl)C(Cl)CC(=O)O. The molecule has 0 aromatic carbocycles. The zero-order chi connectivity index (χ0) is 8.36. The van der Waals surface area contributed by atoms with E-state index in [1.165, 1.54) is 6.92 Å². The van der Waals surface area contributed by atoms with Crippen LogP contribution < -0.4 is 0 Å². The van der Waals surface area contributed by atoms with Gasteiger partial charge < -0.3 is 5.11 Å². The minimum atomic E-state index is -1.18. The summed E-state index contributed by atoms with van der Waals surface area (Å²) in [4.78, 5) is 10.1. The summed E-state index contributed by atoms with van der Waals surface area (Å²) in [5.74, 6) is -1.01. The van der Waals surface area contributed by atoms with Gasteiger partial charge >= 0.3 is 5.97 Å². The molecule has 1 N–H and O–H groups in total. The Morgan fingerprint density at radius 3 is 2.20 bits per heavy atom. The lowest BCUT2D eigenvalue weighted by Gasteiger charge is -2.17. The fourth-order valence-corrected chi connectivity index (χ4v) is 0.619. The molecule has 1 unspecified atom stereocenters. The molecule has 0 aromatic heterocycles. The maximum absolute atomic E-state index is 10.1. The number of aliphatic carboxylic acids is 1. The van der Waals surface area contributed by atoms with Crippen LogP contribution in [0.25, 0.3) is 0 Å². The molecule has 5 heteroatoms. The van der Waals surface area contributed by atoms with Gasteiger partial charge in [-0.15, -0.1) is 34.8 Å². The van der Waals surface area contributed by atoms with E-state index in [-0.39, 0.29) is 6.42 Å². The molecule has 10 heavy (non-hydrogen) atoms. The van der Waals surface area contributed by atoms with Crippen molar-refractivity contribution in [3.63, 3.8) is 0 Å². The largest absolute Gasteiger partial charge is 0.481 e. The van der Waals surface area contributed by atoms with E-state index in [4.69, 9.17) is 39.9 Å². The predicted octanol–water partition coefficient (Wildman–Crippen LogP) is 2.26. The first kappa shape index (κ1) is 10.3. The van der Waals surface area contributed by atoms with Crippen LogP contribution in [-0.2, 0) is 4.79 Å². The van der Waals surface area contributed by atoms with Gasteiger partial charge in [0.1, 0.15) is 4.33 Å². The summed E-state index contributed by atoms with van der Waals surface area (Å²) < 4.78 is -1.18. The third kappa shape index (κ3) is 4.20. The summed E-state index contributed by atoms with van der Waals surface area (Å²) in [6.45, 7) is 1.46. The Bertz CT molecular complexity index is 129. The van der Waals surface area contributed by atoms with E-state index in [0.717, 1.165) is 0 Å². The summed E-state index contributed by atoms with van der Waals surface area (Å²) in [7, 11) is 0. The highest BCUT2D eigenvalue weighted by atomic mass is 35.5. The Hall–Kier alpha value is 0.340. The molecule has 0 saturated carbocycles. The molecule has 0 rings (SSSR count). The van der Waals surface area contributed by atoms with Gasteiger partial charge in [-0.1, -0.05) is 0 Å². The lowest BCUT2D eigenvalue weighted by atomic mass is 10.2. The van der Waals surface area contributed by atoms with E-state index in [2.05, 4.69) is 0 Å². The van der Waals surface area contributed by atoms with Gasteiger partial charge in [-0.05, 0) is 6.92 Å². The van der Waals surface area contributed by atoms with Crippen molar-refractivity contribution in [3.8, 4) is 0 Å². The lowest BCUT2D eigenvalue weighted by molar-refractivity contribution is -0.137. The Morgan fingerprint density at radius 2 is 2.10 bits per heavy atom. The molecule has 2 nitrogen and oxygen atoms in total. The van der Waals surface area contributed by atoms with Crippen molar-refractivity contribution in [2.24, 2.45) is 0 Å². The van der Waals surface area contributed by atoms with Gasteiger partial charge in [0.2, 0.25) is 0 Å². The lowest BCUT2D eigenvalue weighted by Crippen LogP contribution is -2.24. The van der Waals surface area contributed by atoms with Crippen molar-refractivity contribution in [2.45, 2.75) is 23.1 Å². The number of alkyl halides is 3. The molecule has 0 heterocycles. The molecular weight excluding hydrogens is 198 g/mol. The number of hydrogen-bond acceptors (Lipinski definition) is 1. The third-order valence-corrected chi connectivity index (χ3v) is 2.24. The fraction of sp³-hybridized carbons (Fsp3) is 0.800. The number of carboxylic acid groups (broad SMARTS) is 1. The van der Waals surface area contributed by atoms with Gasteiger partial charge in [-0.2, -0.15) is 0 Å². The molecule has 0 aliphatic carbocycles. The molecule has 0 fully saturated rings. The average molecular weight is 205 g/mol. The van der Waals surface area contributed by atoms with Crippen molar-refractivity contribution in [1.82, 2.24) is 0 Å². The van der Waals surface area contributed by atoms with E-state index >= 15 is 0 Å². The van der Waals surface area contributed by atoms with E-state index in [1.54, 1.807) is 0 Å². The Kier molecular flexibility index (Phi) is 3.77. The topological polar surface area (TPSA) is 37.3 Å². The highest BCUT2D eigenvalue weighted by molar-refractivity contribution is 6.52. The van der Waals surface area contributed by atoms with E-state index in [9.17, 15) is 4.79 Å². The summed E-state index contributed by atoms with van der Waals surface area (Å²) in [6.07, 6.45) is -0.231. The smallest absolute Gasteiger partial charge is 0.304 e. The van der Waals surface area contributed by atoms with Crippen LogP contribution in [0, 0.1) is 0 Å². The van der Waals surface area contributed by atoms with E-state index < -0.39 is 15.7 Å². The highest BCUT2D eigenvalue weighted by Crippen LogP contribution is 2.30. The third-order valence-electron chi connectivity index (χ3n) is 0.904. The van der Waals surface area contributed by atoms with Gasteiger partial charge in [0.05, 0.1) is 11.8 Å². The molecule has 1 atom stereocenters. The van der Waals surface area contributed by atoms with Crippen molar-refractivity contribution >= 4 is 40.8 Å². The molecule has 60 valence electrons. The van der Waals surface area contributed by atoms with Crippen LogP contribution in [-0.4, -0.2) is 20.8 Å². The molecule has 0 aromatic rings. The van der Waals surface area contributed by atoms with Crippen LogP contribution in [0.2, 0.25) is 0 Å². The van der Waals surface area contributed by atoms with Crippen molar-refractivity contribution < 1.29 is 9.90 Å². The monoisotopic (exact) mass is 204 g/mol. The minimum absolute atomic E-state index is 0.231. The van der Waals surface area contributed by atoms with Crippen molar-refractivity contribution in [1.29, 1.82) is 0 Å². The highest BCUT2D eigenvalue weighted by Gasteiger charge is 2.29. The zero-order valence-corrected chi connectivity index (χ0v) is 7.54. The fourth-order valence-electron chi connectivity index (χ4n) is 0.333. The zero-order valence-electron chi connectivity index (χ0n) is 5.27. The number of hydrogen-bond donors (Lipinski definition) is 1. The normalized spacial score (nSPS) is 14.8. The average Bonchev–Trinajstić information content (AvgIpc) is 1.60. The molecular formula is C5H7Cl3O2. The minimum Gasteiger partial charge on any atom is -0.481 e. The Morgan fingerprint density at radius 1 is 1.70 bits per heavy atom. The molecule has 0 radical (unpaired) electrons. The summed E-state index contributed by atoms with van der Waals surface area (Å²) in [6, 6.07) is 0. The second-order valence-corrected chi connectivity index (χ2v) is 4.31. The van der Waals surface area contributed by atoms with Crippen LogP contribution in [0.4, 0.5) is 0 Å². The molecule has 0 bridgehead atoms. The molecule has 0 aliphatic rings. The second-order valence-electron chi connectivity index (χ2n) is 2.02. The number of carbonyl (C=O) groups is 1. The molecule has 0 spiro atoms. The van der Waals surface area contributed by atoms with Crippen LogP contribution in [0.5, 0.6) is 0 Å². The number of rotatable bonds is 3.